The topological polar surface area (TPSA) is 72.1 Å². The molecule has 1 aliphatic carbocycles. The highest BCUT2D eigenvalue weighted by Gasteiger charge is 2.44. The third kappa shape index (κ3) is 3.95. The first-order chi connectivity index (χ1) is 14.7. The summed E-state index contributed by atoms with van der Waals surface area (Å²) in [5.41, 5.74) is 10.8. The smallest absolute Gasteiger partial charge is 0.253 e. The molecular weight excluding hydrogens is 408 g/mol. The Morgan fingerprint density at radius 1 is 1.10 bits per heavy atom. The molecule has 1 spiro atoms. The van der Waals surface area contributed by atoms with Gasteiger partial charge >= 0.3 is 0 Å². The lowest BCUT2D eigenvalue weighted by Crippen LogP contribution is -2.48. The van der Waals surface area contributed by atoms with Crippen molar-refractivity contribution in [2.45, 2.75) is 37.6 Å². The van der Waals surface area contributed by atoms with Gasteiger partial charge < -0.3 is 10.6 Å². The molecule has 5 rings (SSSR count). The monoisotopic (exact) mass is 434 g/mol. The van der Waals surface area contributed by atoms with E-state index in [-0.39, 0.29) is 23.7 Å². The third-order valence-corrected chi connectivity index (χ3v) is 6.55. The summed E-state index contributed by atoms with van der Waals surface area (Å²) in [6.07, 6.45) is 6.06. The summed E-state index contributed by atoms with van der Waals surface area (Å²) >= 11 is 0. The molecule has 2 aromatic carbocycles. The number of fused-ring (bicyclic) bond motifs is 2. The standard InChI is InChI=1S/C25H26N4O.ClH/c26-15-18-6-4-9-20(14-18)24(30)29-13-5-11-25(17-29)12-10-21-16-27-23(28-22(21)25)19-7-2-1-3-8-19;/h1-4,6-9,14,16H,5,10-13,15,17,26H2;1H. The Hall–Kier alpha value is -2.76. The average Bonchev–Trinajstić information content (AvgIpc) is 3.16. The number of amides is 1. The highest BCUT2D eigenvalue weighted by atomic mass is 35.5. The van der Waals surface area contributed by atoms with Gasteiger partial charge in [-0.3, -0.25) is 4.79 Å². The van der Waals surface area contributed by atoms with Crippen molar-refractivity contribution < 1.29 is 4.79 Å². The van der Waals surface area contributed by atoms with Gasteiger partial charge in [-0.25, -0.2) is 9.97 Å². The van der Waals surface area contributed by atoms with Crippen molar-refractivity contribution in [1.82, 2.24) is 14.9 Å². The SMILES string of the molecule is Cl.NCc1cccc(C(=O)N2CCCC3(CCc4cnc(-c5ccccc5)nc43)C2)c1. The first-order valence-corrected chi connectivity index (χ1v) is 10.7. The van der Waals surface area contributed by atoms with E-state index in [1.54, 1.807) is 0 Å². The Bertz CT molecular complexity index is 1080. The van der Waals surface area contributed by atoms with Crippen molar-refractivity contribution in [2.24, 2.45) is 5.73 Å². The fourth-order valence-electron chi connectivity index (χ4n) is 4.98. The van der Waals surface area contributed by atoms with Gasteiger partial charge in [0.25, 0.3) is 5.91 Å². The number of nitrogens with two attached hydrogens (primary N) is 1. The minimum atomic E-state index is -0.0683. The normalized spacial score (nSPS) is 19.7. The summed E-state index contributed by atoms with van der Waals surface area (Å²) in [6.45, 7) is 1.95. The van der Waals surface area contributed by atoms with E-state index in [2.05, 4.69) is 4.98 Å². The maximum atomic E-state index is 13.3. The van der Waals surface area contributed by atoms with Gasteiger partial charge in [0.15, 0.2) is 5.82 Å². The first-order valence-electron chi connectivity index (χ1n) is 10.7. The predicted octanol–water partition coefficient (Wildman–Crippen LogP) is 4.14. The summed E-state index contributed by atoms with van der Waals surface area (Å²) in [6, 6.07) is 17.8. The van der Waals surface area contributed by atoms with Crippen LogP contribution in [0.25, 0.3) is 11.4 Å². The molecule has 1 amide bonds. The molecule has 31 heavy (non-hydrogen) atoms. The van der Waals surface area contributed by atoms with Crippen LogP contribution in [0.5, 0.6) is 0 Å². The second kappa shape index (κ2) is 8.77. The second-order valence-corrected chi connectivity index (χ2v) is 8.45. The lowest BCUT2D eigenvalue weighted by Gasteiger charge is -2.40. The van der Waals surface area contributed by atoms with E-state index < -0.39 is 0 Å². The van der Waals surface area contributed by atoms with Crippen LogP contribution in [0.15, 0.2) is 60.8 Å². The van der Waals surface area contributed by atoms with Crippen molar-refractivity contribution in [3.05, 3.63) is 83.2 Å². The molecule has 2 aliphatic rings. The van der Waals surface area contributed by atoms with Crippen LogP contribution >= 0.6 is 12.4 Å². The lowest BCUT2D eigenvalue weighted by molar-refractivity contribution is 0.0633. The van der Waals surface area contributed by atoms with E-state index in [9.17, 15) is 4.79 Å². The minimum absolute atomic E-state index is 0. The number of aromatic nitrogens is 2. The molecule has 2 N–H and O–H groups in total. The van der Waals surface area contributed by atoms with Gasteiger partial charge in [-0.15, -0.1) is 12.4 Å². The number of hydrogen-bond acceptors (Lipinski definition) is 4. The van der Waals surface area contributed by atoms with Gasteiger partial charge in [-0.1, -0.05) is 42.5 Å². The van der Waals surface area contributed by atoms with Crippen LogP contribution in [0.2, 0.25) is 0 Å². The maximum absolute atomic E-state index is 13.3. The molecule has 1 aromatic heterocycles. The number of hydrogen-bond donors (Lipinski definition) is 1. The van der Waals surface area contributed by atoms with Crippen LogP contribution in [0.1, 0.15) is 46.4 Å². The van der Waals surface area contributed by atoms with E-state index in [4.69, 9.17) is 10.7 Å². The highest BCUT2D eigenvalue weighted by molar-refractivity contribution is 5.94. The van der Waals surface area contributed by atoms with Crippen LogP contribution in [0.3, 0.4) is 0 Å². The Labute approximate surface area is 189 Å². The average molecular weight is 435 g/mol. The number of aryl methyl sites for hydroxylation is 1. The Balaban J connectivity index is 0.00000231. The van der Waals surface area contributed by atoms with Crippen molar-refractivity contribution in [1.29, 1.82) is 0 Å². The summed E-state index contributed by atoms with van der Waals surface area (Å²) < 4.78 is 0. The van der Waals surface area contributed by atoms with Crippen LogP contribution < -0.4 is 5.73 Å². The van der Waals surface area contributed by atoms with Gasteiger partial charge in [-0.05, 0) is 48.9 Å². The number of benzene rings is 2. The third-order valence-electron chi connectivity index (χ3n) is 6.55. The Morgan fingerprint density at radius 3 is 2.74 bits per heavy atom. The predicted molar refractivity (Wildman–Crippen MR) is 124 cm³/mol. The zero-order chi connectivity index (χ0) is 20.6. The van der Waals surface area contributed by atoms with Crippen molar-refractivity contribution in [3.8, 4) is 11.4 Å². The van der Waals surface area contributed by atoms with Gasteiger partial charge in [0, 0.05) is 42.4 Å². The molecule has 1 unspecified atom stereocenters. The number of piperidine rings is 1. The van der Waals surface area contributed by atoms with Gasteiger partial charge in [0.05, 0.1) is 5.69 Å². The summed E-state index contributed by atoms with van der Waals surface area (Å²) in [5, 5.41) is 0. The molecule has 0 bridgehead atoms. The molecule has 1 saturated heterocycles. The first kappa shape index (κ1) is 21.5. The number of nitrogens with zero attached hydrogens (tertiary/aromatic N) is 3. The van der Waals surface area contributed by atoms with E-state index in [1.165, 1.54) is 5.56 Å². The Morgan fingerprint density at radius 2 is 1.94 bits per heavy atom. The maximum Gasteiger partial charge on any atom is 0.253 e. The number of halogens is 1. The number of rotatable bonds is 3. The van der Waals surface area contributed by atoms with E-state index >= 15 is 0 Å². The number of carbonyl (C=O) groups excluding carboxylic acids is 1. The fraction of sp³-hybridized carbons (Fsp3) is 0.320. The molecule has 1 aliphatic heterocycles. The molecule has 2 heterocycles. The number of carbonyl (C=O) groups is 1. The summed E-state index contributed by atoms with van der Waals surface area (Å²) in [5.74, 6) is 0.866. The van der Waals surface area contributed by atoms with Crippen molar-refractivity contribution >= 4 is 18.3 Å². The molecule has 6 heteroatoms. The van der Waals surface area contributed by atoms with Gasteiger partial charge in [0.1, 0.15) is 0 Å². The molecule has 5 nitrogen and oxygen atoms in total. The highest BCUT2D eigenvalue weighted by Crippen LogP contribution is 2.44. The van der Waals surface area contributed by atoms with Gasteiger partial charge in [-0.2, -0.15) is 0 Å². The minimum Gasteiger partial charge on any atom is -0.338 e. The van der Waals surface area contributed by atoms with E-state index in [0.29, 0.717) is 6.54 Å². The summed E-state index contributed by atoms with van der Waals surface area (Å²) in [4.78, 5) is 24.9. The molecule has 1 fully saturated rings. The molecule has 3 aromatic rings. The molecule has 1 atom stereocenters. The molecular formula is C25H27ClN4O. The number of likely N-dealkylation sites (tertiary alicyclic amines) is 1. The Kier molecular flexibility index (Phi) is 6.08. The zero-order valence-corrected chi connectivity index (χ0v) is 18.3. The lowest BCUT2D eigenvalue weighted by atomic mass is 9.77. The summed E-state index contributed by atoms with van der Waals surface area (Å²) in [7, 11) is 0. The molecule has 160 valence electrons. The van der Waals surface area contributed by atoms with Crippen LogP contribution in [-0.4, -0.2) is 33.9 Å². The van der Waals surface area contributed by atoms with Crippen molar-refractivity contribution in [3.63, 3.8) is 0 Å². The van der Waals surface area contributed by atoms with E-state index in [1.807, 2.05) is 65.7 Å². The second-order valence-electron chi connectivity index (χ2n) is 8.45. The molecule has 0 radical (unpaired) electrons. The van der Waals surface area contributed by atoms with Crippen LogP contribution in [-0.2, 0) is 18.4 Å². The van der Waals surface area contributed by atoms with Crippen LogP contribution in [0, 0.1) is 0 Å². The van der Waals surface area contributed by atoms with E-state index in [0.717, 1.165) is 67.0 Å². The van der Waals surface area contributed by atoms with Gasteiger partial charge in [0.2, 0.25) is 0 Å². The van der Waals surface area contributed by atoms with Crippen LogP contribution in [0.4, 0.5) is 0 Å². The zero-order valence-electron chi connectivity index (χ0n) is 17.5. The fourth-order valence-corrected chi connectivity index (χ4v) is 4.98. The molecule has 0 saturated carbocycles. The van der Waals surface area contributed by atoms with Crippen molar-refractivity contribution in [2.75, 3.05) is 13.1 Å². The largest absolute Gasteiger partial charge is 0.338 e. The quantitative estimate of drug-likeness (QED) is 0.672.